The topological polar surface area (TPSA) is 89.1 Å². The van der Waals surface area contributed by atoms with Gasteiger partial charge in [0.25, 0.3) is 0 Å². The van der Waals surface area contributed by atoms with E-state index in [2.05, 4.69) is 25.1 Å². The summed E-state index contributed by atoms with van der Waals surface area (Å²) in [5.41, 5.74) is 1.33. The monoisotopic (exact) mass is 571 g/mol. The highest BCUT2D eigenvalue weighted by Crippen LogP contribution is 2.37. The number of fused-ring (bicyclic) bond motifs is 1. The molecule has 2 aromatic carbocycles. The van der Waals surface area contributed by atoms with Gasteiger partial charge in [-0.3, -0.25) is 14.6 Å². The van der Waals surface area contributed by atoms with Gasteiger partial charge in [0, 0.05) is 49.9 Å². The number of halogens is 2. The Balaban J connectivity index is 1.28. The van der Waals surface area contributed by atoms with Gasteiger partial charge in [-0.1, -0.05) is 11.6 Å². The van der Waals surface area contributed by atoms with Crippen molar-refractivity contribution < 1.29 is 23.4 Å². The molecule has 9 nitrogen and oxygen atoms in total. The Hall–Kier alpha value is -3.21. The maximum atomic E-state index is 13.7. The van der Waals surface area contributed by atoms with Crippen LogP contribution in [0.3, 0.4) is 0 Å². The lowest BCUT2D eigenvalue weighted by atomic mass is 10.2. The quantitative estimate of drug-likeness (QED) is 0.318. The van der Waals surface area contributed by atoms with Crippen LogP contribution in [0.15, 0.2) is 36.7 Å². The molecule has 3 aromatic rings. The first kappa shape index (κ1) is 28.3. The average molecular weight is 572 g/mol. The van der Waals surface area contributed by atoms with Gasteiger partial charge in [0.1, 0.15) is 24.6 Å². The molecule has 0 radical (unpaired) electrons. The van der Waals surface area contributed by atoms with Gasteiger partial charge in [-0.25, -0.2) is 14.4 Å². The van der Waals surface area contributed by atoms with Crippen molar-refractivity contribution in [2.75, 3.05) is 57.8 Å². The maximum Gasteiger partial charge on any atom is 0.320 e. The second-order valence-corrected chi connectivity index (χ2v) is 10.5. The molecule has 1 aromatic heterocycles. The third-order valence-corrected chi connectivity index (χ3v) is 7.56. The van der Waals surface area contributed by atoms with Gasteiger partial charge in [0.15, 0.2) is 11.5 Å². The number of nitrogens with zero attached hydrogens (tertiary/aromatic N) is 4. The summed E-state index contributed by atoms with van der Waals surface area (Å²) in [5, 5.41) is 4.01. The number of aromatic nitrogens is 2. The van der Waals surface area contributed by atoms with Crippen molar-refractivity contribution in [2.45, 2.75) is 38.7 Å². The second kappa shape index (κ2) is 13.4. The van der Waals surface area contributed by atoms with E-state index in [1.54, 1.807) is 6.07 Å². The Morgan fingerprint density at radius 1 is 1.07 bits per heavy atom. The summed E-state index contributed by atoms with van der Waals surface area (Å²) in [7, 11) is 0. The van der Waals surface area contributed by atoms with Crippen molar-refractivity contribution in [3.05, 3.63) is 47.5 Å². The summed E-state index contributed by atoms with van der Waals surface area (Å²) in [6.07, 6.45) is 6.01. The molecule has 11 heteroatoms. The van der Waals surface area contributed by atoms with Gasteiger partial charge in [-0.05, 0) is 56.9 Å². The molecule has 0 amide bonds. The minimum Gasteiger partial charge on any atom is -0.488 e. The predicted molar refractivity (Wildman–Crippen MR) is 152 cm³/mol. The number of hydrogen-bond donors (Lipinski definition) is 1. The van der Waals surface area contributed by atoms with E-state index < -0.39 is 5.82 Å². The van der Waals surface area contributed by atoms with E-state index in [1.165, 1.54) is 18.5 Å². The van der Waals surface area contributed by atoms with Crippen LogP contribution < -0.4 is 14.8 Å². The fourth-order valence-electron chi connectivity index (χ4n) is 5.11. The molecule has 1 aliphatic carbocycles. The van der Waals surface area contributed by atoms with Crippen LogP contribution in [-0.4, -0.2) is 84.3 Å². The van der Waals surface area contributed by atoms with Gasteiger partial charge in [0.2, 0.25) is 0 Å². The van der Waals surface area contributed by atoms with Crippen molar-refractivity contribution in [1.29, 1.82) is 0 Å². The molecule has 2 heterocycles. The van der Waals surface area contributed by atoms with Gasteiger partial charge >= 0.3 is 5.97 Å². The lowest BCUT2D eigenvalue weighted by Gasteiger charge is -2.33. The van der Waals surface area contributed by atoms with Crippen molar-refractivity contribution in [3.63, 3.8) is 0 Å². The highest BCUT2D eigenvalue weighted by Gasteiger charge is 2.22. The van der Waals surface area contributed by atoms with E-state index in [1.807, 2.05) is 19.1 Å². The van der Waals surface area contributed by atoms with Crippen molar-refractivity contribution in [1.82, 2.24) is 19.8 Å². The van der Waals surface area contributed by atoms with Crippen LogP contribution >= 0.6 is 11.6 Å². The van der Waals surface area contributed by atoms with Crippen LogP contribution in [-0.2, 0) is 9.53 Å². The van der Waals surface area contributed by atoms with Gasteiger partial charge < -0.3 is 19.5 Å². The summed E-state index contributed by atoms with van der Waals surface area (Å²) in [6, 6.07) is 8.25. The molecular formula is C29H35ClFN5O4. The Morgan fingerprint density at radius 3 is 2.60 bits per heavy atom. The van der Waals surface area contributed by atoms with Gasteiger partial charge in [-0.15, -0.1) is 0 Å². The number of anilines is 2. The SMILES string of the molecule is CCOC(=O)CN1CCN(CCOc2cc3c(Nc4ccc(F)c(Cl)c4)ncnc3cc2OC2CCCC2)CC1. The number of ether oxygens (including phenoxy) is 3. The largest absolute Gasteiger partial charge is 0.488 e. The first-order valence-corrected chi connectivity index (χ1v) is 14.3. The smallest absolute Gasteiger partial charge is 0.320 e. The summed E-state index contributed by atoms with van der Waals surface area (Å²) in [6.45, 7) is 7.12. The minimum absolute atomic E-state index is 0.0290. The standard InChI is InChI=1S/C29H35ClFN5O4/c1-2-38-28(37)18-36-11-9-35(10-12-36)13-14-39-26-16-22-25(17-27(26)40-21-5-3-4-6-21)32-19-33-29(22)34-20-7-8-24(31)23(30)15-20/h7-8,15-17,19,21H,2-6,9-14,18H2,1H3,(H,32,33,34). The van der Waals surface area contributed by atoms with E-state index in [0.717, 1.165) is 63.8 Å². The molecule has 2 aliphatic rings. The molecule has 0 atom stereocenters. The summed E-state index contributed by atoms with van der Waals surface area (Å²) >= 11 is 5.98. The first-order chi connectivity index (χ1) is 19.5. The number of piperazine rings is 1. The second-order valence-electron chi connectivity index (χ2n) is 10.1. The Bertz CT molecular complexity index is 1320. The van der Waals surface area contributed by atoms with E-state index in [9.17, 15) is 9.18 Å². The van der Waals surface area contributed by atoms with E-state index >= 15 is 0 Å². The first-order valence-electron chi connectivity index (χ1n) is 13.9. The number of carbonyl (C=O) groups excluding carboxylic acids is 1. The molecule has 40 heavy (non-hydrogen) atoms. The fraction of sp³-hybridized carbons (Fsp3) is 0.483. The molecule has 0 unspecified atom stereocenters. The minimum atomic E-state index is -0.482. The van der Waals surface area contributed by atoms with Crippen LogP contribution in [0, 0.1) is 5.82 Å². The normalized spacial score (nSPS) is 16.8. The highest BCUT2D eigenvalue weighted by molar-refractivity contribution is 6.31. The number of carbonyl (C=O) groups is 1. The molecule has 214 valence electrons. The van der Waals surface area contributed by atoms with Crippen LogP contribution in [0.5, 0.6) is 11.5 Å². The zero-order chi connectivity index (χ0) is 27.9. The third-order valence-electron chi connectivity index (χ3n) is 7.27. The van der Waals surface area contributed by atoms with E-state index in [-0.39, 0.29) is 17.1 Å². The fourth-order valence-corrected chi connectivity index (χ4v) is 5.29. The lowest BCUT2D eigenvalue weighted by molar-refractivity contribution is -0.144. The zero-order valence-corrected chi connectivity index (χ0v) is 23.5. The van der Waals surface area contributed by atoms with Crippen LogP contribution in [0.1, 0.15) is 32.6 Å². The van der Waals surface area contributed by atoms with Crippen molar-refractivity contribution >= 4 is 40.0 Å². The van der Waals surface area contributed by atoms with Crippen LogP contribution in [0.2, 0.25) is 5.02 Å². The predicted octanol–water partition coefficient (Wildman–Crippen LogP) is 5.05. The van der Waals surface area contributed by atoms with E-state index in [0.29, 0.717) is 48.3 Å². The molecule has 1 saturated heterocycles. The number of hydrogen-bond acceptors (Lipinski definition) is 9. The molecule has 1 saturated carbocycles. The molecule has 5 rings (SSSR count). The summed E-state index contributed by atoms with van der Waals surface area (Å²) in [4.78, 5) is 25.1. The molecule has 1 N–H and O–H groups in total. The van der Waals surface area contributed by atoms with Crippen molar-refractivity contribution in [2.24, 2.45) is 0 Å². The number of benzene rings is 2. The van der Waals surface area contributed by atoms with Gasteiger partial charge in [0.05, 0.1) is 29.8 Å². The van der Waals surface area contributed by atoms with E-state index in [4.69, 9.17) is 25.8 Å². The maximum absolute atomic E-state index is 13.7. The Labute approximate surface area is 238 Å². The van der Waals surface area contributed by atoms with Crippen molar-refractivity contribution in [3.8, 4) is 11.5 Å². The molecule has 1 aliphatic heterocycles. The number of nitrogens with one attached hydrogen (secondary N) is 1. The molecule has 2 fully saturated rings. The van der Waals surface area contributed by atoms with Crippen LogP contribution in [0.4, 0.5) is 15.9 Å². The summed E-state index contributed by atoms with van der Waals surface area (Å²) < 4.78 is 31.4. The number of rotatable bonds is 11. The zero-order valence-electron chi connectivity index (χ0n) is 22.7. The average Bonchev–Trinajstić information content (AvgIpc) is 3.45. The molecule has 0 bridgehead atoms. The highest BCUT2D eigenvalue weighted by atomic mass is 35.5. The molecular weight excluding hydrogens is 537 g/mol. The van der Waals surface area contributed by atoms with Crippen LogP contribution in [0.25, 0.3) is 10.9 Å². The van der Waals surface area contributed by atoms with Gasteiger partial charge in [-0.2, -0.15) is 0 Å². The summed E-state index contributed by atoms with van der Waals surface area (Å²) in [5.74, 6) is 1.21. The third kappa shape index (κ3) is 7.30. The Kier molecular flexibility index (Phi) is 9.51. The molecule has 0 spiro atoms. The number of esters is 1. The Morgan fingerprint density at radius 2 is 1.85 bits per heavy atom. The lowest BCUT2D eigenvalue weighted by Crippen LogP contribution is -2.49.